The van der Waals surface area contributed by atoms with Crippen LogP contribution < -0.4 is 5.32 Å². The molecule has 0 spiro atoms. The Balaban J connectivity index is 0.00000196. The Morgan fingerprint density at radius 1 is 1.40 bits per heavy atom. The molecule has 1 aromatic rings. The number of hydrogen-bond acceptors (Lipinski definition) is 3. The predicted molar refractivity (Wildman–Crippen MR) is 64.2 cm³/mol. The number of esters is 1. The zero-order valence-corrected chi connectivity index (χ0v) is 10.2. The summed E-state index contributed by atoms with van der Waals surface area (Å²) >= 11 is 11.5. The second kappa shape index (κ2) is 6.77. The first-order valence-electron chi connectivity index (χ1n) is 3.89. The van der Waals surface area contributed by atoms with E-state index >= 15 is 0 Å². The summed E-state index contributed by atoms with van der Waals surface area (Å²) in [4.78, 5) is 10.8. The highest BCUT2D eigenvalue weighted by atomic mass is 35.5. The van der Waals surface area contributed by atoms with Crippen molar-refractivity contribution >= 4 is 47.3 Å². The number of ether oxygens (including phenoxy) is 1. The van der Waals surface area contributed by atoms with Gasteiger partial charge in [-0.15, -0.1) is 12.4 Å². The first-order chi connectivity index (χ1) is 6.63. The van der Waals surface area contributed by atoms with Crippen LogP contribution in [0.25, 0.3) is 0 Å². The minimum Gasteiger partial charge on any atom is -0.468 e. The van der Waals surface area contributed by atoms with Gasteiger partial charge in [-0.3, -0.25) is 4.79 Å². The lowest BCUT2D eigenvalue weighted by Crippen LogP contribution is -2.14. The number of anilines is 1. The molecule has 1 N–H and O–H groups in total. The molecule has 0 aliphatic carbocycles. The smallest absolute Gasteiger partial charge is 0.325 e. The number of hydrogen-bond donors (Lipinski definition) is 1. The van der Waals surface area contributed by atoms with E-state index in [9.17, 15) is 4.79 Å². The number of nitrogens with one attached hydrogen (secondary N) is 1. The molecule has 0 fully saturated rings. The van der Waals surface area contributed by atoms with Crippen LogP contribution in [-0.2, 0) is 9.53 Å². The first-order valence-corrected chi connectivity index (χ1v) is 4.65. The zero-order valence-electron chi connectivity index (χ0n) is 7.92. The molecular formula is C9H10Cl3NO2. The largest absolute Gasteiger partial charge is 0.468 e. The van der Waals surface area contributed by atoms with Crippen molar-refractivity contribution in [2.75, 3.05) is 19.0 Å². The summed E-state index contributed by atoms with van der Waals surface area (Å²) in [6, 6.07) is 5.04. The topological polar surface area (TPSA) is 38.3 Å². The molecule has 0 aliphatic rings. The van der Waals surface area contributed by atoms with Gasteiger partial charge in [0.25, 0.3) is 0 Å². The molecule has 0 radical (unpaired) electrons. The van der Waals surface area contributed by atoms with Crippen molar-refractivity contribution in [2.45, 2.75) is 0 Å². The van der Waals surface area contributed by atoms with Crippen molar-refractivity contribution in [2.24, 2.45) is 0 Å². The standard InChI is InChI=1S/C9H9Cl2NO2.ClH/c1-14-9(13)5-12-6-2-3-7(10)8(11)4-6;/h2-4,12H,5H2,1H3;1H. The molecule has 0 unspecified atom stereocenters. The maximum absolute atomic E-state index is 10.8. The van der Waals surface area contributed by atoms with Gasteiger partial charge < -0.3 is 10.1 Å². The van der Waals surface area contributed by atoms with Crippen molar-refractivity contribution in [3.05, 3.63) is 28.2 Å². The normalized spacial score (nSPS) is 9.00. The fourth-order valence-electron chi connectivity index (χ4n) is 0.852. The van der Waals surface area contributed by atoms with Crippen molar-refractivity contribution in [1.82, 2.24) is 0 Å². The van der Waals surface area contributed by atoms with Gasteiger partial charge in [-0.25, -0.2) is 0 Å². The predicted octanol–water partition coefficient (Wildman–Crippen LogP) is 3.00. The first kappa shape index (κ1) is 14.4. The maximum atomic E-state index is 10.8. The Labute approximate surface area is 104 Å². The van der Waals surface area contributed by atoms with Crippen LogP contribution in [-0.4, -0.2) is 19.6 Å². The summed E-state index contributed by atoms with van der Waals surface area (Å²) < 4.78 is 4.47. The monoisotopic (exact) mass is 269 g/mol. The highest BCUT2D eigenvalue weighted by molar-refractivity contribution is 6.42. The van der Waals surface area contributed by atoms with Gasteiger partial charge in [-0.2, -0.15) is 0 Å². The van der Waals surface area contributed by atoms with Crippen molar-refractivity contribution in [1.29, 1.82) is 0 Å². The fourth-order valence-corrected chi connectivity index (χ4v) is 1.15. The van der Waals surface area contributed by atoms with E-state index in [1.807, 2.05) is 0 Å². The number of benzene rings is 1. The van der Waals surface area contributed by atoms with Crippen LogP contribution in [0.3, 0.4) is 0 Å². The van der Waals surface area contributed by atoms with Gasteiger partial charge in [0.1, 0.15) is 6.54 Å². The minimum absolute atomic E-state index is 0. The van der Waals surface area contributed by atoms with Crippen LogP contribution in [0.2, 0.25) is 10.0 Å². The molecule has 3 nitrogen and oxygen atoms in total. The Morgan fingerprint density at radius 2 is 2.07 bits per heavy atom. The van der Waals surface area contributed by atoms with Crippen LogP contribution in [0.15, 0.2) is 18.2 Å². The van der Waals surface area contributed by atoms with Crippen molar-refractivity contribution in [3.8, 4) is 0 Å². The zero-order chi connectivity index (χ0) is 10.6. The molecular weight excluding hydrogens is 260 g/mol. The third-order valence-corrected chi connectivity index (χ3v) is 2.32. The SMILES string of the molecule is COC(=O)CNc1ccc(Cl)c(Cl)c1.Cl. The molecule has 0 bridgehead atoms. The molecule has 15 heavy (non-hydrogen) atoms. The number of methoxy groups -OCH3 is 1. The lowest BCUT2D eigenvalue weighted by Gasteiger charge is -2.05. The Morgan fingerprint density at radius 3 is 2.60 bits per heavy atom. The molecule has 0 amide bonds. The van der Waals surface area contributed by atoms with Gasteiger partial charge in [0.05, 0.1) is 17.2 Å². The number of halogens is 3. The van der Waals surface area contributed by atoms with Gasteiger partial charge in [-0.05, 0) is 18.2 Å². The quantitative estimate of drug-likeness (QED) is 0.858. The van der Waals surface area contributed by atoms with Gasteiger partial charge in [-0.1, -0.05) is 23.2 Å². The van der Waals surface area contributed by atoms with Crippen LogP contribution in [0, 0.1) is 0 Å². The lowest BCUT2D eigenvalue weighted by atomic mass is 10.3. The summed E-state index contributed by atoms with van der Waals surface area (Å²) in [7, 11) is 1.33. The summed E-state index contributed by atoms with van der Waals surface area (Å²) in [5.41, 5.74) is 0.727. The van der Waals surface area contributed by atoms with Crippen LogP contribution >= 0.6 is 35.6 Å². The van der Waals surface area contributed by atoms with E-state index in [-0.39, 0.29) is 24.9 Å². The number of carbonyl (C=O) groups is 1. The van der Waals surface area contributed by atoms with Crippen molar-refractivity contribution in [3.63, 3.8) is 0 Å². The summed E-state index contributed by atoms with van der Waals surface area (Å²) in [5.74, 6) is -0.337. The van der Waals surface area contributed by atoms with E-state index in [1.165, 1.54) is 7.11 Å². The molecule has 0 saturated carbocycles. The molecule has 0 atom stereocenters. The van der Waals surface area contributed by atoms with E-state index in [0.717, 1.165) is 5.69 Å². The summed E-state index contributed by atoms with van der Waals surface area (Å²) in [6.45, 7) is 0.106. The Hall–Kier alpha value is -0.640. The Bertz CT molecular complexity index is 344. The average Bonchev–Trinajstić information content (AvgIpc) is 2.19. The van der Waals surface area contributed by atoms with E-state index in [1.54, 1.807) is 18.2 Å². The van der Waals surface area contributed by atoms with Crippen LogP contribution in [0.5, 0.6) is 0 Å². The maximum Gasteiger partial charge on any atom is 0.325 e. The number of carbonyl (C=O) groups excluding carboxylic acids is 1. The molecule has 1 rings (SSSR count). The number of rotatable bonds is 3. The molecule has 1 aromatic carbocycles. The summed E-state index contributed by atoms with van der Waals surface area (Å²) in [6.07, 6.45) is 0. The van der Waals surface area contributed by atoms with E-state index in [0.29, 0.717) is 10.0 Å². The van der Waals surface area contributed by atoms with Crippen LogP contribution in [0.4, 0.5) is 5.69 Å². The highest BCUT2D eigenvalue weighted by Gasteiger charge is 2.01. The average molecular weight is 271 g/mol. The minimum atomic E-state index is -0.337. The van der Waals surface area contributed by atoms with E-state index < -0.39 is 0 Å². The molecule has 0 aliphatic heterocycles. The highest BCUT2D eigenvalue weighted by Crippen LogP contribution is 2.24. The van der Waals surface area contributed by atoms with Crippen molar-refractivity contribution < 1.29 is 9.53 Å². The second-order valence-electron chi connectivity index (χ2n) is 2.56. The van der Waals surface area contributed by atoms with E-state index in [4.69, 9.17) is 23.2 Å². The van der Waals surface area contributed by atoms with Crippen LogP contribution in [0.1, 0.15) is 0 Å². The van der Waals surface area contributed by atoms with E-state index in [2.05, 4.69) is 10.1 Å². The molecule has 0 aromatic heterocycles. The third kappa shape index (κ3) is 4.60. The van der Waals surface area contributed by atoms with Gasteiger partial charge in [0.2, 0.25) is 0 Å². The fraction of sp³-hybridized carbons (Fsp3) is 0.222. The molecule has 0 saturated heterocycles. The second-order valence-corrected chi connectivity index (χ2v) is 3.37. The molecule has 0 heterocycles. The lowest BCUT2D eigenvalue weighted by molar-refractivity contribution is -0.138. The summed E-state index contributed by atoms with van der Waals surface area (Å²) in [5, 5.41) is 3.77. The van der Waals surface area contributed by atoms with Gasteiger partial charge in [0, 0.05) is 5.69 Å². The third-order valence-electron chi connectivity index (χ3n) is 1.58. The molecule has 6 heteroatoms. The Kier molecular flexibility index (Phi) is 6.48. The molecule has 84 valence electrons. The van der Waals surface area contributed by atoms with Gasteiger partial charge in [0.15, 0.2) is 0 Å². The van der Waals surface area contributed by atoms with Gasteiger partial charge >= 0.3 is 5.97 Å².